The highest BCUT2D eigenvalue weighted by Crippen LogP contribution is 2.22. The zero-order valence-corrected chi connectivity index (χ0v) is 8.19. The first kappa shape index (κ1) is 9.78. The molecule has 0 aliphatic carbocycles. The largest absolute Gasteiger partial charge is 0.549 e. The summed E-state index contributed by atoms with van der Waals surface area (Å²) in [7, 11) is 0. The van der Waals surface area contributed by atoms with Gasteiger partial charge >= 0.3 is 0 Å². The number of carbonyl (C=O) groups is 1. The first-order valence-electron chi connectivity index (χ1n) is 3.96. The monoisotopic (exact) mass is 225 g/mol. The number of aromatic nitrogens is 2. The van der Waals surface area contributed by atoms with Gasteiger partial charge in [-0.1, -0.05) is 11.8 Å². The number of carboxylic acids is 1. The van der Waals surface area contributed by atoms with Crippen molar-refractivity contribution < 1.29 is 18.7 Å². The van der Waals surface area contributed by atoms with E-state index < -0.39 is 5.97 Å². The third-order valence-corrected chi connectivity index (χ3v) is 2.24. The van der Waals surface area contributed by atoms with Crippen LogP contribution in [0.25, 0.3) is 11.7 Å². The smallest absolute Gasteiger partial charge is 0.284 e. The molecule has 2 rings (SSSR count). The molecule has 2 aromatic rings. The molecule has 0 atom stereocenters. The maximum atomic E-state index is 10.2. The maximum absolute atomic E-state index is 10.2. The Bertz CT molecular complexity index is 451. The van der Waals surface area contributed by atoms with E-state index in [4.69, 9.17) is 8.83 Å². The van der Waals surface area contributed by atoms with Crippen LogP contribution in [0.1, 0.15) is 0 Å². The molecule has 0 aliphatic heterocycles. The Balaban J connectivity index is 2.08. The molecule has 0 aromatic carbocycles. The summed E-state index contributed by atoms with van der Waals surface area (Å²) in [5, 5.41) is 17.7. The van der Waals surface area contributed by atoms with Crippen LogP contribution in [0.4, 0.5) is 0 Å². The molecule has 78 valence electrons. The van der Waals surface area contributed by atoms with Crippen molar-refractivity contribution in [3.63, 3.8) is 0 Å². The topological polar surface area (TPSA) is 92.2 Å². The summed E-state index contributed by atoms with van der Waals surface area (Å²) in [4.78, 5) is 10.2. The molecule has 0 unspecified atom stereocenters. The van der Waals surface area contributed by atoms with Gasteiger partial charge in [0.15, 0.2) is 5.76 Å². The Morgan fingerprint density at radius 3 is 3.07 bits per heavy atom. The summed E-state index contributed by atoms with van der Waals surface area (Å²) >= 11 is 0.903. The van der Waals surface area contributed by atoms with Crippen LogP contribution in [0.15, 0.2) is 32.5 Å². The molecular weight excluding hydrogens is 220 g/mol. The molecule has 0 fully saturated rings. The fourth-order valence-electron chi connectivity index (χ4n) is 0.889. The summed E-state index contributed by atoms with van der Waals surface area (Å²) in [5.74, 6) is -0.735. The van der Waals surface area contributed by atoms with Gasteiger partial charge in [-0.3, -0.25) is 0 Å². The third kappa shape index (κ3) is 2.38. The molecule has 0 N–H and O–H groups in total. The minimum Gasteiger partial charge on any atom is -0.549 e. The Morgan fingerprint density at radius 1 is 1.53 bits per heavy atom. The molecule has 0 amide bonds. The number of carboxylic acid groups (broad SMARTS) is 1. The first-order chi connectivity index (χ1) is 7.25. The predicted molar refractivity (Wildman–Crippen MR) is 47.7 cm³/mol. The minimum atomic E-state index is -1.18. The van der Waals surface area contributed by atoms with Gasteiger partial charge in [-0.15, -0.1) is 10.2 Å². The lowest BCUT2D eigenvalue weighted by atomic mass is 10.5. The van der Waals surface area contributed by atoms with Crippen molar-refractivity contribution in [2.24, 2.45) is 0 Å². The van der Waals surface area contributed by atoms with E-state index >= 15 is 0 Å². The molecule has 0 aliphatic rings. The molecule has 7 heteroatoms. The lowest BCUT2D eigenvalue weighted by Crippen LogP contribution is -2.24. The quantitative estimate of drug-likeness (QED) is 0.685. The van der Waals surface area contributed by atoms with Crippen LogP contribution in [0.3, 0.4) is 0 Å². The Kier molecular flexibility index (Phi) is 2.72. The summed E-state index contributed by atoms with van der Waals surface area (Å²) in [6.07, 6.45) is 1.48. The van der Waals surface area contributed by atoms with Crippen LogP contribution in [0.5, 0.6) is 0 Å². The van der Waals surface area contributed by atoms with Crippen LogP contribution in [-0.2, 0) is 4.79 Å². The maximum Gasteiger partial charge on any atom is 0.284 e. The second kappa shape index (κ2) is 4.18. The molecule has 0 saturated heterocycles. The molecular formula is C8H5N2O4S-. The summed E-state index contributed by atoms with van der Waals surface area (Å²) in [6, 6.07) is 3.36. The number of aliphatic carboxylic acids is 1. The van der Waals surface area contributed by atoms with Crippen LogP contribution >= 0.6 is 11.8 Å². The summed E-state index contributed by atoms with van der Waals surface area (Å²) in [5.41, 5.74) is 0. The second-order valence-electron chi connectivity index (χ2n) is 2.51. The van der Waals surface area contributed by atoms with Crippen molar-refractivity contribution in [3.05, 3.63) is 18.4 Å². The van der Waals surface area contributed by atoms with Crippen molar-refractivity contribution >= 4 is 17.7 Å². The van der Waals surface area contributed by atoms with Crippen LogP contribution < -0.4 is 5.11 Å². The van der Waals surface area contributed by atoms with Gasteiger partial charge in [0.2, 0.25) is 0 Å². The van der Waals surface area contributed by atoms with Gasteiger partial charge in [0.1, 0.15) is 0 Å². The molecule has 2 heterocycles. The molecule has 2 aromatic heterocycles. The molecule has 0 bridgehead atoms. The Morgan fingerprint density at radius 2 is 2.40 bits per heavy atom. The zero-order chi connectivity index (χ0) is 10.7. The zero-order valence-electron chi connectivity index (χ0n) is 7.37. The molecule has 15 heavy (non-hydrogen) atoms. The van der Waals surface area contributed by atoms with Crippen molar-refractivity contribution in [1.82, 2.24) is 10.2 Å². The third-order valence-electron chi connectivity index (χ3n) is 1.45. The predicted octanol–water partition coefficient (Wildman–Crippen LogP) is 0.172. The van der Waals surface area contributed by atoms with E-state index in [0.29, 0.717) is 5.76 Å². The standard InChI is InChI=1S/C8H6N2O4S/c11-6(12)4-15-8-10-9-7(14-8)5-2-1-3-13-5/h1-3H,4H2,(H,11,12)/p-1. The highest BCUT2D eigenvalue weighted by molar-refractivity contribution is 7.99. The van der Waals surface area contributed by atoms with Gasteiger partial charge in [0.25, 0.3) is 11.1 Å². The molecule has 0 saturated carbocycles. The van der Waals surface area contributed by atoms with Gasteiger partial charge in [-0.2, -0.15) is 0 Å². The highest BCUT2D eigenvalue weighted by Gasteiger charge is 2.10. The van der Waals surface area contributed by atoms with E-state index in [0.717, 1.165) is 11.8 Å². The van der Waals surface area contributed by atoms with Gasteiger partial charge in [-0.05, 0) is 12.1 Å². The summed E-state index contributed by atoms with van der Waals surface area (Å²) in [6.45, 7) is 0. The van der Waals surface area contributed by atoms with E-state index in [2.05, 4.69) is 10.2 Å². The van der Waals surface area contributed by atoms with Gasteiger partial charge < -0.3 is 18.7 Å². The fourth-order valence-corrected chi connectivity index (χ4v) is 1.37. The Hall–Kier alpha value is -1.76. The minimum absolute atomic E-state index is 0.172. The molecule has 6 nitrogen and oxygen atoms in total. The van der Waals surface area contributed by atoms with Crippen molar-refractivity contribution in [3.8, 4) is 11.7 Å². The Labute approximate surface area is 88.3 Å². The number of hydrogen-bond acceptors (Lipinski definition) is 7. The van der Waals surface area contributed by atoms with Crippen LogP contribution in [-0.4, -0.2) is 21.9 Å². The number of nitrogens with zero attached hydrogens (tertiary/aromatic N) is 2. The van der Waals surface area contributed by atoms with Crippen LogP contribution in [0.2, 0.25) is 0 Å². The number of thioether (sulfide) groups is 1. The number of carbonyl (C=O) groups excluding carboxylic acids is 1. The summed E-state index contributed by atoms with van der Waals surface area (Å²) < 4.78 is 10.2. The van der Waals surface area contributed by atoms with Crippen LogP contribution in [0, 0.1) is 0 Å². The average molecular weight is 225 g/mol. The van der Waals surface area contributed by atoms with E-state index in [1.54, 1.807) is 12.1 Å². The normalized spacial score (nSPS) is 10.4. The number of hydrogen-bond donors (Lipinski definition) is 0. The second-order valence-corrected chi connectivity index (χ2v) is 3.44. The lowest BCUT2D eigenvalue weighted by Gasteiger charge is -1.95. The number of rotatable bonds is 4. The van der Waals surface area contributed by atoms with Gasteiger partial charge in [0.05, 0.1) is 12.2 Å². The molecule has 0 spiro atoms. The van der Waals surface area contributed by atoms with Crippen molar-refractivity contribution in [2.75, 3.05) is 5.75 Å². The highest BCUT2D eigenvalue weighted by atomic mass is 32.2. The lowest BCUT2D eigenvalue weighted by molar-refractivity contribution is -0.301. The van der Waals surface area contributed by atoms with E-state index in [1.165, 1.54) is 6.26 Å². The first-order valence-corrected chi connectivity index (χ1v) is 4.94. The average Bonchev–Trinajstić information content (AvgIpc) is 2.85. The fraction of sp³-hybridized carbons (Fsp3) is 0.125. The van der Waals surface area contributed by atoms with E-state index in [9.17, 15) is 9.90 Å². The van der Waals surface area contributed by atoms with Crippen molar-refractivity contribution in [2.45, 2.75) is 5.22 Å². The van der Waals surface area contributed by atoms with Crippen molar-refractivity contribution in [1.29, 1.82) is 0 Å². The van der Waals surface area contributed by atoms with Gasteiger partial charge in [0, 0.05) is 5.75 Å². The number of furan rings is 1. The molecule has 0 radical (unpaired) electrons. The van der Waals surface area contributed by atoms with Gasteiger partial charge in [-0.25, -0.2) is 0 Å². The SMILES string of the molecule is O=C([O-])CSc1nnc(-c2ccco2)o1. The van der Waals surface area contributed by atoms with E-state index in [1.807, 2.05) is 0 Å². The van der Waals surface area contributed by atoms with E-state index in [-0.39, 0.29) is 16.9 Å².